The fraction of sp³-hybridized carbons (Fsp3) is 0.429. The number of alkyl halides is 3. The number of aromatic amines is 1. The second kappa shape index (κ2) is 10.9. The average molecular weight is 547 g/mol. The van der Waals surface area contributed by atoms with Crippen molar-refractivity contribution in [2.24, 2.45) is 0 Å². The maximum Gasteiger partial charge on any atom is 0.416 e. The number of hydrogen-bond donors (Lipinski definition) is 4. The molecule has 2 aromatic carbocycles. The van der Waals surface area contributed by atoms with Gasteiger partial charge in [-0.2, -0.15) is 13.2 Å². The van der Waals surface area contributed by atoms with E-state index in [0.29, 0.717) is 6.42 Å². The number of carbonyl (C=O) groups is 2. The molecule has 0 saturated carbocycles. The highest BCUT2D eigenvalue weighted by Crippen LogP contribution is 2.37. The van der Waals surface area contributed by atoms with Crippen LogP contribution in [0.15, 0.2) is 54.7 Å². The van der Waals surface area contributed by atoms with Gasteiger partial charge in [-0.3, -0.25) is 4.79 Å². The van der Waals surface area contributed by atoms with Gasteiger partial charge < -0.3 is 20.1 Å². The van der Waals surface area contributed by atoms with Gasteiger partial charge in [0, 0.05) is 17.1 Å². The third-order valence-corrected chi connectivity index (χ3v) is 6.67. The number of nitrogens with one attached hydrogen (secondary N) is 3. The number of H-pyrrole nitrogens is 1. The lowest BCUT2D eigenvalue weighted by atomic mass is 9.92. The molecule has 3 aromatic rings. The molecule has 4 N–H and O–H groups in total. The molecular formula is C28H33F3N4O4. The first-order valence-electron chi connectivity index (χ1n) is 12.7. The fourth-order valence-electron chi connectivity index (χ4n) is 4.91. The van der Waals surface area contributed by atoms with Crippen LogP contribution in [0.5, 0.6) is 0 Å². The molecule has 3 unspecified atom stereocenters. The van der Waals surface area contributed by atoms with E-state index < -0.39 is 53.6 Å². The summed E-state index contributed by atoms with van der Waals surface area (Å²) in [4.78, 5) is 27.8. The number of ether oxygens (including phenoxy) is 1. The zero-order valence-electron chi connectivity index (χ0n) is 22.2. The van der Waals surface area contributed by atoms with Crippen molar-refractivity contribution >= 4 is 23.0 Å². The summed E-state index contributed by atoms with van der Waals surface area (Å²) >= 11 is 0. The van der Waals surface area contributed by atoms with Crippen molar-refractivity contribution in [3.63, 3.8) is 0 Å². The summed E-state index contributed by atoms with van der Waals surface area (Å²) in [5.41, 5.74) is 3.46. The van der Waals surface area contributed by atoms with Gasteiger partial charge in [0.2, 0.25) is 0 Å². The number of hydrogen-bond acceptors (Lipinski definition) is 5. The van der Waals surface area contributed by atoms with Gasteiger partial charge >= 0.3 is 18.2 Å². The molecule has 8 nitrogen and oxygen atoms in total. The third-order valence-electron chi connectivity index (χ3n) is 6.67. The van der Waals surface area contributed by atoms with Crippen LogP contribution in [-0.4, -0.2) is 51.0 Å². The van der Waals surface area contributed by atoms with Gasteiger partial charge in [0.1, 0.15) is 11.6 Å². The number of benzene rings is 2. The van der Waals surface area contributed by atoms with Gasteiger partial charge in [0.15, 0.2) is 0 Å². The molecule has 1 amide bonds. The summed E-state index contributed by atoms with van der Waals surface area (Å²) in [7, 11) is 0. The van der Waals surface area contributed by atoms with Gasteiger partial charge in [-0.05, 0) is 62.8 Å². The van der Waals surface area contributed by atoms with Crippen molar-refractivity contribution in [1.29, 1.82) is 0 Å². The lowest BCUT2D eigenvalue weighted by Gasteiger charge is -2.27. The Labute approximate surface area is 224 Å². The van der Waals surface area contributed by atoms with Gasteiger partial charge in [-0.1, -0.05) is 43.3 Å². The van der Waals surface area contributed by atoms with Crippen LogP contribution >= 0.6 is 0 Å². The summed E-state index contributed by atoms with van der Waals surface area (Å²) in [6.07, 6.45) is -3.89. The number of nitrogens with zero attached hydrogens (tertiary/aromatic N) is 1. The Morgan fingerprint density at radius 2 is 1.77 bits per heavy atom. The SMILES string of the molecule is CC(CC(NC(=O)OC(C)(C)C)NN1[C@H](C(=O)O)[C@@H]1Cc1c[nH]c2ccccc12)c1ccccc1C(F)(F)F. The summed E-state index contributed by atoms with van der Waals surface area (Å²) in [5.74, 6) is -1.68. The third kappa shape index (κ3) is 6.90. The monoisotopic (exact) mass is 546 g/mol. The normalized spacial score (nSPS) is 20.8. The molecule has 39 heavy (non-hydrogen) atoms. The van der Waals surface area contributed by atoms with Crippen molar-refractivity contribution < 1.29 is 32.6 Å². The van der Waals surface area contributed by atoms with Crippen molar-refractivity contribution in [1.82, 2.24) is 20.7 Å². The van der Waals surface area contributed by atoms with Crippen LogP contribution in [0, 0.1) is 0 Å². The Morgan fingerprint density at radius 1 is 1.10 bits per heavy atom. The van der Waals surface area contributed by atoms with Crippen molar-refractivity contribution in [3.8, 4) is 0 Å². The van der Waals surface area contributed by atoms with E-state index in [4.69, 9.17) is 4.74 Å². The van der Waals surface area contributed by atoms with Crippen LogP contribution in [0.4, 0.5) is 18.0 Å². The molecule has 0 spiro atoms. The van der Waals surface area contributed by atoms with Crippen LogP contribution < -0.4 is 10.7 Å². The molecule has 0 aliphatic carbocycles. The van der Waals surface area contributed by atoms with E-state index >= 15 is 0 Å². The predicted octanol–water partition coefficient (Wildman–Crippen LogP) is 5.42. The van der Waals surface area contributed by atoms with Gasteiger partial charge in [0.25, 0.3) is 0 Å². The first kappa shape index (κ1) is 28.4. The molecule has 1 aliphatic heterocycles. The first-order chi connectivity index (χ1) is 18.2. The zero-order chi connectivity index (χ0) is 28.5. The van der Waals surface area contributed by atoms with Crippen LogP contribution in [0.25, 0.3) is 10.9 Å². The Bertz CT molecular complexity index is 1330. The average Bonchev–Trinajstić information content (AvgIpc) is 3.34. The van der Waals surface area contributed by atoms with E-state index in [2.05, 4.69) is 15.7 Å². The number of hydrazine groups is 1. The van der Waals surface area contributed by atoms with E-state index in [1.165, 1.54) is 23.2 Å². The molecule has 1 aliphatic rings. The fourth-order valence-corrected chi connectivity index (χ4v) is 4.91. The number of alkyl carbamates (subject to hydrolysis) is 1. The minimum atomic E-state index is -4.54. The summed E-state index contributed by atoms with van der Waals surface area (Å²) in [6.45, 7) is 6.72. The predicted molar refractivity (Wildman–Crippen MR) is 140 cm³/mol. The molecule has 1 aromatic heterocycles. The van der Waals surface area contributed by atoms with E-state index in [-0.39, 0.29) is 12.0 Å². The van der Waals surface area contributed by atoms with E-state index in [9.17, 15) is 27.9 Å². The number of rotatable bonds is 9. The molecule has 11 heteroatoms. The minimum absolute atomic E-state index is 0.0506. The van der Waals surface area contributed by atoms with Gasteiger partial charge in [0.05, 0.1) is 17.8 Å². The highest BCUT2D eigenvalue weighted by atomic mass is 19.4. The smallest absolute Gasteiger partial charge is 0.416 e. The number of aliphatic carboxylic acids is 1. The summed E-state index contributed by atoms with van der Waals surface area (Å²) in [6, 6.07) is 11.7. The highest BCUT2D eigenvalue weighted by molar-refractivity contribution is 5.84. The van der Waals surface area contributed by atoms with Crippen molar-refractivity contribution in [3.05, 3.63) is 71.4 Å². The van der Waals surface area contributed by atoms with Gasteiger partial charge in [-0.25, -0.2) is 15.2 Å². The molecular weight excluding hydrogens is 513 g/mol. The standard InChI is InChI=1S/C28H33F3N4O4/c1-16(18-9-5-7-11-20(18)28(29,30)31)13-23(33-26(38)39-27(2,3)4)34-35-22(24(35)25(36)37)14-17-15-32-21-12-8-6-10-19(17)21/h5-12,15-16,22-24,32,34H,13-14H2,1-4H3,(H,33,38)(H,36,37)/t16?,22-,23?,24-,35?/m0/s1. The molecule has 0 bridgehead atoms. The lowest BCUT2D eigenvalue weighted by molar-refractivity contribution is -0.139. The number of fused-ring (bicyclic) bond motifs is 1. The van der Waals surface area contributed by atoms with Crippen molar-refractivity contribution in [2.45, 2.75) is 76.5 Å². The van der Waals surface area contributed by atoms with Crippen LogP contribution in [0.2, 0.25) is 0 Å². The number of carbonyl (C=O) groups excluding carboxylic acids is 1. The van der Waals surface area contributed by atoms with Crippen LogP contribution in [-0.2, 0) is 22.1 Å². The summed E-state index contributed by atoms with van der Waals surface area (Å²) < 4.78 is 46.4. The number of para-hydroxylation sites is 1. The first-order valence-corrected chi connectivity index (χ1v) is 12.7. The Morgan fingerprint density at radius 3 is 2.44 bits per heavy atom. The second-order valence-corrected chi connectivity index (χ2v) is 10.9. The zero-order valence-corrected chi connectivity index (χ0v) is 22.2. The minimum Gasteiger partial charge on any atom is -0.480 e. The van der Waals surface area contributed by atoms with E-state index in [1.54, 1.807) is 27.7 Å². The largest absolute Gasteiger partial charge is 0.480 e. The quantitative estimate of drug-likeness (QED) is 0.211. The summed E-state index contributed by atoms with van der Waals surface area (Å²) in [5, 5.41) is 15.0. The molecule has 210 valence electrons. The maximum absolute atomic E-state index is 13.7. The lowest BCUT2D eigenvalue weighted by Crippen LogP contribution is -2.50. The Kier molecular flexibility index (Phi) is 7.94. The van der Waals surface area contributed by atoms with Crippen molar-refractivity contribution in [2.75, 3.05) is 0 Å². The van der Waals surface area contributed by atoms with E-state index in [1.807, 2.05) is 30.5 Å². The number of amides is 1. The molecule has 4 rings (SSSR count). The van der Waals surface area contributed by atoms with Gasteiger partial charge in [-0.15, -0.1) is 0 Å². The molecule has 1 saturated heterocycles. The molecule has 0 radical (unpaired) electrons. The Balaban J connectivity index is 1.55. The van der Waals surface area contributed by atoms with Crippen LogP contribution in [0.3, 0.4) is 0 Å². The van der Waals surface area contributed by atoms with E-state index in [0.717, 1.165) is 22.5 Å². The second-order valence-electron chi connectivity index (χ2n) is 10.9. The number of carboxylic acids is 1. The highest BCUT2D eigenvalue weighted by Gasteiger charge is 2.54. The Hall–Kier alpha value is -3.57. The topological polar surface area (TPSA) is 106 Å². The number of aromatic nitrogens is 1. The number of carboxylic acid groups (broad SMARTS) is 1. The number of halogens is 3. The molecule has 2 heterocycles. The molecule has 5 atom stereocenters. The maximum atomic E-state index is 13.7. The van der Waals surface area contributed by atoms with Crippen LogP contribution in [0.1, 0.15) is 56.7 Å². The molecule has 1 fully saturated rings.